The van der Waals surface area contributed by atoms with Crippen molar-refractivity contribution in [2.75, 3.05) is 13.1 Å². The number of carbonyl (C=O) groups excluding carboxylic acids is 1. The highest BCUT2D eigenvalue weighted by molar-refractivity contribution is 5.75. The van der Waals surface area contributed by atoms with E-state index in [9.17, 15) is 4.79 Å². The van der Waals surface area contributed by atoms with Crippen LogP contribution in [0.3, 0.4) is 0 Å². The molecule has 6 nitrogen and oxygen atoms in total. The number of rotatable bonds is 6. The molecule has 3 rings (SSSR count). The molecule has 0 aliphatic carbocycles. The lowest BCUT2D eigenvalue weighted by molar-refractivity contribution is 0.114. The number of amides is 2. The van der Waals surface area contributed by atoms with Gasteiger partial charge in [-0.25, -0.2) is 4.79 Å². The van der Waals surface area contributed by atoms with Crippen molar-refractivity contribution in [3.05, 3.63) is 47.5 Å². The molecule has 2 aromatic heterocycles. The number of likely N-dealkylation sites (tertiary alicyclic amines) is 1. The summed E-state index contributed by atoms with van der Waals surface area (Å²) in [5.41, 5.74) is 3.25. The Morgan fingerprint density at radius 3 is 2.80 bits per heavy atom. The van der Waals surface area contributed by atoms with Crippen molar-refractivity contribution in [2.45, 2.75) is 52.1 Å². The van der Waals surface area contributed by atoms with Gasteiger partial charge in [0.05, 0.1) is 17.8 Å². The molecule has 1 N–H and O–H groups in total. The molecule has 2 amide bonds. The Bertz CT molecular complexity index is 706. The van der Waals surface area contributed by atoms with E-state index in [2.05, 4.69) is 35.3 Å². The van der Waals surface area contributed by atoms with Gasteiger partial charge in [0.2, 0.25) is 0 Å². The maximum atomic E-state index is 12.6. The van der Waals surface area contributed by atoms with Crippen LogP contribution in [0.1, 0.15) is 55.2 Å². The molecule has 1 aliphatic rings. The van der Waals surface area contributed by atoms with Crippen LogP contribution in [0, 0.1) is 13.8 Å². The molecule has 6 heteroatoms. The highest BCUT2D eigenvalue weighted by Gasteiger charge is 2.34. The van der Waals surface area contributed by atoms with Crippen LogP contribution in [0.4, 0.5) is 4.79 Å². The van der Waals surface area contributed by atoms with Gasteiger partial charge in [-0.3, -0.25) is 9.67 Å². The minimum absolute atomic E-state index is 0.00253. The fourth-order valence-electron chi connectivity index (χ4n) is 3.34. The lowest BCUT2D eigenvalue weighted by atomic mass is 10.0. The number of urea groups is 1. The van der Waals surface area contributed by atoms with Crippen molar-refractivity contribution in [1.29, 1.82) is 0 Å². The molecule has 1 atom stereocenters. The molecule has 0 aromatic carbocycles. The number of aromatic nitrogens is 3. The molecule has 0 bridgehead atoms. The largest absolute Gasteiger partial charge is 0.331 e. The van der Waals surface area contributed by atoms with Crippen LogP contribution in [0.5, 0.6) is 0 Å². The third-order valence-corrected chi connectivity index (χ3v) is 4.77. The summed E-state index contributed by atoms with van der Waals surface area (Å²) in [6.45, 7) is 7.64. The molecule has 0 spiro atoms. The molecule has 0 radical (unpaired) electrons. The Morgan fingerprint density at radius 2 is 2.20 bits per heavy atom. The van der Waals surface area contributed by atoms with Crippen molar-refractivity contribution in [2.24, 2.45) is 0 Å². The van der Waals surface area contributed by atoms with Crippen LogP contribution < -0.4 is 5.32 Å². The monoisotopic (exact) mass is 341 g/mol. The predicted molar refractivity (Wildman–Crippen MR) is 97.3 cm³/mol. The van der Waals surface area contributed by atoms with E-state index in [1.807, 2.05) is 34.8 Å². The summed E-state index contributed by atoms with van der Waals surface area (Å²) >= 11 is 0. The number of carbonyl (C=O) groups is 1. The molecule has 1 saturated heterocycles. The summed E-state index contributed by atoms with van der Waals surface area (Å²) in [7, 11) is 0. The minimum Gasteiger partial charge on any atom is -0.331 e. The zero-order valence-corrected chi connectivity index (χ0v) is 15.3. The minimum atomic E-state index is 0.00253. The number of pyridine rings is 1. The van der Waals surface area contributed by atoms with Crippen LogP contribution in [0.25, 0.3) is 0 Å². The molecule has 3 heterocycles. The van der Waals surface area contributed by atoms with Gasteiger partial charge in [-0.05, 0) is 38.0 Å². The number of nitrogens with zero attached hydrogens (tertiary/aromatic N) is 4. The summed E-state index contributed by atoms with van der Waals surface area (Å²) in [5.74, 6) is 0. The van der Waals surface area contributed by atoms with Gasteiger partial charge < -0.3 is 10.2 Å². The number of hydrogen-bond acceptors (Lipinski definition) is 3. The smallest absolute Gasteiger partial charge is 0.318 e. The highest BCUT2D eigenvalue weighted by atomic mass is 16.2. The van der Waals surface area contributed by atoms with Crippen LogP contribution >= 0.6 is 0 Å². The molecule has 0 saturated carbocycles. The second-order valence-corrected chi connectivity index (χ2v) is 6.86. The zero-order chi connectivity index (χ0) is 17.8. The van der Waals surface area contributed by atoms with Gasteiger partial charge in [-0.15, -0.1) is 0 Å². The van der Waals surface area contributed by atoms with Crippen LogP contribution in [0.2, 0.25) is 0 Å². The fourth-order valence-corrected chi connectivity index (χ4v) is 3.34. The van der Waals surface area contributed by atoms with E-state index in [0.717, 1.165) is 36.2 Å². The highest BCUT2D eigenvalue weighted by Crippen LogP contribution is 2.24. The van der Waals surface area contributed by atoms with Crippen LogP contribution in [-0.4, -0.2) is 38.8 Å². The predicted octanol–water partition coefficient (Wildman–Crippen LogP) is 3.39. The third-order valence-electron chi connectivity index (χ3n) is 4.77. The van der Waals surface area contributed by atoms with Gasteiger partial charge in [0.15, 0.2) is 0 Å². The lowest BCUT2D eigenvalue weighted by Crippen LogP contribution is -2.55. The topological polar surface area (TPSA) is 63.1 Å². The van der Waals surface area contributed by atoms with E-state index in [0.29, 0.717) is 13.1 Å². The summed E-state index contributed by atoms with van der Waals surface area (Å²) in [4.78, 5) is 18.6. The first-order valence-electron chi connectivity index (χ1n) is 9.06. The summed E-state index contributed by atoms with van der Waals surface area (Å²) in [6, 6.07) is 6.33. The number of hydrogen-bond donors (Lipinski definition) is 1. The Kier molecular flexibility index (Phi) is 5.36. The molecule has 0 unspecified atom stereocenters. The average molecular weight is 341 g/mol. The van der Waals surface area contributed by atoms with E-state index < -0.39 is 0 Å². The van der Waals surface area contributed by atoms with Crippen molar-refractivity contribution >= 4 is 6.03 Å². The van der Waals surface area contributed by atoms with E-state index in [1.54, 1.807) is 6.20 Å². The van der Waals surface area contributed by atoms with Crippen LogP contribution in [0.15, 0.2) is 30.6 Å². The molecular weight excluding hydrogens is 314 g/mol. The maximum absolute atomic E-state index is 12.6. The zero-order valence-electron chi connectivity index (χ0n) is 15.3. The van der Waals surface area contributed by atoms with E-state index >= 15 is 0 Å². The molecule has 134 valence electrons. The summed E-state index contributed by atoms with van der Waals surface area (Å²) < 4.78 is 2.04. The number of unbranched alkanes of at least 4 members (excludes halogenated alkanes) is 1. The Hall–Kier alpha value is -2.37. The first kappa shape index (κ1) is 17.5. The van der Waals surface area contributed by atoms with E-state index in [1.165, 1.54) is 0 Å². The third kappa shape index (κ3) is 4.00. The van der Waals surface area contributed by atoms with E-state index in [4.69, 9.17) is 0 Å². The standard InChI is InChI=1S/C19H27N5O/c1-4-5-8-18(16-7-6-9-20-11-16)21-19(25)23-12-17(13-23)24-15(3)10-14(2)22-24/h6-7,9-11,17-18H,4-5,8,12-13H2,1-3H3,(H,21,25)/t18-/m1/s1. The first-order valence-corrected chi connectivity index (χ1v) is 9.06. The quantitative estimate of drug-likeness (QED) is 0.876. The Labute approximate surface area is 149 Å². The van der Waals surface area contributed by atoms with Crippen LogP contribution in [-0.2, 0) is 0 Å². The van der Waals surface area contributed by atoms with E-state index in [-0.39, 0.29) is 18.1 Å². The maximum Gasteiger partial charge on any atom is 0.318 e. The van der Waals surface area contributed by atoms with Crippen molar-refractivity contribution in [3.8, 4) is 0 Å². The number of aryl methyl sites for hydroxylation is 2. The number of nitrogens with one attached hydrogen (secondary N) is 1. The Morgan fingerprint density at radius 1 is 1.40 bits per heavy atom. The van der Waals surface area contributed by atoms with Gasteiger partial charge in [-0.1, -0.05) is 25.8 Å². The normalized spacial score (nSPS) is 15.7. The summed E-state index contributed by atoms with van der Waals surface area (Å²) in [6.07, 6.45) is 6.72. The van der Waals surface area contributed by atoms with Crippen molar-refractivity contribution in [3.63, 3.8) is 0 Å². The Balaban J connectivity index is 1.58. The van der Waals surface area contributed by atoms with Crippen molar-refractivity contribution in [1.82, 2.24) is 25.0 Å². The summed E-state index contributed by atoms with van der Waals surface area (Å²) in [5, 5.41) is 7.70. The second kappa shape index (κ2) is 7.68. The second-order valence-electron chi connectivity index (χ2n) is 6.86. The fraction of sp³-hybridized carbons (Fsp3) is 0.526. The van der Waals surface area contributed by atoms with Gasteiger partial charge in [-0.2, -0.15) is 5.10 Å². The molecule has 1 aliphatic heterocycles. The molecule has 1 fully saturated rings. The van der Waals surface area contributed by atoms with Gasteiger partial charge in [0.1, 0.15) is 0 Å². The lowest BCUT2D eigenvalue weighted by Gasteiger charge is -2.40. The van der Waals surface area contributed by atoms with Gasteiger partial charge in [0, 0.05) is 31.2 Å². The average Bonchev–Trinajstić information content (AvgIpc) is 2.89. The molecule has 25 heavy (non-hydrogen) atoms. The van der Waals surface area contributed by atoms with Gasteiger partial charge >= 0.3 is 6.03 Å². The van der Waals surface area contributed by atoms with Gasteiger partial charge in [0.25, 0.3) is 0 Å². The first-order chi connectivity index (χ1) is 12.1. The van der Waals surface area contributed by atoms with Crippen molar-refractivity contribution < 1.29 is 4.79 Å². The molecular formula is C19H27N5O. The molecule has 2 aromatic rings. The SMILES string of the molecule is CCCC[C@@H](NC(=O)N1CC(n2nc(C)cc2C)C1)c1cccnc1.